The Labute approximate surface area is 185 Å². The van der Waals surface area contributed by atoms with Crippen LogP contribution < -0.4 is 15.0 Å². The van der Waals surface area contributed by atoms with E-state index in [4.69, 9.17) is 14.7 Å². The lowest BCUT2D eigenvalue weighted by Crippen LogP contribution is -2.14. The summed E-state index contributed by atoms with van der Waals surface area (Å²) in [6.45, 7) is 7.14. The van der Waals surface area contributed by atoms with Crippen LogP contribution >= 0.6 is 0 Å². The summed E-state index contributed by atoms with van der Waals surface area (Å²) in [6, 6.07) is 16.1. The van der Waals surface area contributed by atoms with E-state index in [-0.39, 0.29) is 0 Å². The zero-order valence-corrected chi connectivity index (χ0v) is 19.1. The molecule has 0 atom stereocenters. The summed E-state index contributed by atoms with van der Waals surface area (Å²) in [7, 11) is 3.69. The first-order valence-corrected chi connectivity index (χ1v) is 10.7. The van der Waals surface area contributed by atoms with Gasteiger partial charge in [0, 0.05) is 24.7 Å². The van der Waals surface area contributed by atoms with E-state index < -0.39 is 0 Å². The maximum absolute atomic E-state index is 5.28. The molecule has 2 aromatic carbocycles. The number of nitrogens with zero attached hydrogens (tertiary/aromatic N) is 3. The Morgan fingerprint density at radius 3 is 2.45 bits per heavy atom. The van der Waals surface area contributed by atoms with Gasteiger partial charge in [0.2, 0.25) is 5.95 Å². The Hall–Kier alpha value is -3.34. The zero-order valence-electron chi connectivity index (χ0n) is 19.1. The molecule has 0 fully saturated rings. The van der Waals surface area contributed by atoms with Crippen LogP contribution in [0.2, 0.25) is 0 Å². The van der Waals surface area contributed by atoms with Gasteiger partial charge in [0.15, 0.2) is 0 Å². The molecule has 1 N–H and O–H groups in total. The predicted molar refractivity (Wildman–Crippen MR) is 132 cm³/mol. The van der Waals surface area contributed by atoms with Crippen molar-refractivity contribution >= 4 is 28.4 Å². The number of hydrogen-bond donors (Lipinski definition) is 1. The van der Waals surface area contributed by atoms with Crippen molar-refractivity contribution in [2.75, 3.05) is 30.9 Å². The second-order valence-corrected chi connectivity index (χ2v) is 7.90. The van der Waals surface area contributed by atoms with Gasteiger partial charge in [0.1, 0.15) is 11.6 Å². The van der Waals surface area contributed by atoms with Gasteiger partial charge < -0.3 is 15.0 Å². The first-order valence-electron chi connectivity index (χ1n) is 10.7. The quantitative estimate of drug-likeness (QED) is 0.403. The highest BCUT2D eigenvalue weighted by Crippen LogP contribution is 2.30. The molecule has 162 valence electrons. The molecule has 3 aromatic rings. The molecule has 0 unspecified atom stereocenters. The van der Waals surface area contributed by atoms with E-state index >= 15 is 0 Å². The molecule has 0 saturated carbocycles. The number of benzene rings is 2. The summed E-state index contributed by atoms with van der Waals surface area (Å²) in [4.78, 5) is 11.6. The average Bonchev–Trinajstić information content (AvgIpc) is 2.78. The molecule has 0 aliphatic carbocycles. The third-order valence-electron chi connectivity index (χ3n) is 5.16. The van der Waals surface area contributed by atoms with Crippen molar-refractivity contribution in [2.45, 2.75) is 33.6 Å². The van der Waals surface area contributed by atoms with Crippen LogP contribution in [0, 0.1) is 0 Å². The lowest BCUT2D eigenvalue weighted by Gasteiger charge is -2.21. The number of allylic oxidation sites excluding steroid dienone is 3. The first kappa shape index (κ1) is 22.3. The van der Waals surface area contributed by atoms with Gasteiger partial charge in [0.05, 0.1) is 12.6 Å². The van der Waals surface area contributed by atoms with E-state index in [1.54, 1.807) is 7.11 Å². The Morgan fingerprint density at radius 1 is 1.00 bits per heavy atom. The second kappa shape index (κ2) is 10.6. The molecule has 0 aliphatic heterocycles. The van der Waals surface area contributed by atoms with Gasteiger partial charge in [-0.15, -0.1) is 0 Å². The summed E-state index contributed by atoms with van der Waals surface area (Å²) >= 11 is 0. The van der Waals surface area contributed by atoms with Gasteiger partial charge in [-0.2, -0.15) is 4.98 Å². The van der Waals surface area contributed by atoms with Gasteiger partial charge in [-0.05, 0) is 70.0 Å². The van der Waals surface area contributed by atoms with Crippen molar-refractivity contribution in [3.8, 4) is 5.75 Å². The predicted octanol–water partition coefficient (Wildman–Crippen LogP) is 6.51. The Bertz CT molecular complexity index is 1070. The summed E-state index contributed by atoms with van der Waals surface area (Å²) < 4.78 is 5.28. The van der Waals surface area contributed by atoms with E-state index in [0.717, 1.165) is 41.0 Å². The molecular formula is C26H32N4O. The van der Waals surface area contributed by atoms with E-state index in [2.05, 4.69) is 49.2 Å². The normalized spacial score (nSPS) is 11.3. The summed E-state index contributed by atoms with van der Waals surface area (Å²) in [5.74, 6) is 2.32. The summed E-state index contributed by atoms with van der Waals surface area (Å²) in [5.41, 5.74) is 4.68. The fraction of sp³-hybridized carbons (Fsp3) is 0.308. The van der Waals surface area contributed by atoms with Crippen molar-refractivity contribution in [1.29, 1.82) is 0 Å². The van der Waals surface area contributed by atoms with Gasteiger partial charge in [-0.3, -0.25) is 0 Å². The van der Waals surface area contributed by atoms with E-state index in [0.29, 0.717) is 12.5 Å². The minimum absolute atomic E-state index is 0.627. The van der Waals surface area contributed by atoms with Crippen LogP contribution in [0.25, 0.3) is 10.9 Å². The number of para-hydroxylation sites is 1. The van der Waals surface area contributed by atoms with Crippen molar-refractivity contribution < 1.29 is 4.74 Å². The first-order chi connectivity index (χ1) is 15.0. The van der Waals surface area contributed by atoms with Crippen molar-refractivity contribution in [3.05, 3.63) is 71.8 Å². The Morgan fingerprint density at radius 2 is 1.74 bits per heavy atom. The molecule has 5 nitrogen and oxygen atoms in total. The molecular weight excluding hydrogens is 384 g/mol. The van der Waals surface area contributed by atoms with Crippen LogP contribution in [0.1, 0.15) is 33.6 Å². The topological polar surface area (TPSA) is 50.3 Å². The van der Waals surface area contributed by atoms with E-state index in [9.17, 15) is 0 Å². The fourth-order valence-electron chi connectivity index (χ4n) is 3.33. The molecule has 0 spiro atoms. The third-order valence-corrected chi connectivity index (χ3v) is 5.16. The lowest BCUT2D eigenvalue weighted by atomic mass is 10.1. The molecule has 0 aliphatic rings. The zero-order chi connectivity index (χ0) is 22.2. The number of ether oxygens (including phenoxy) is 1. The largest absolute Gasteiger partial charge is 0.497 e. The number of nitrogens with one attached hydrogen (secondary N) is 1. The standard InChI is InChI=1S/C26H32N4O/c1-19(2)9-8-10-20(3)17-18-27-26-28-24-12-7-6-11-23(24)25(29-26)30(4)21-13-15-22(31-5)16-14-21/h6-7,9,11-17H,8,10,18H2,1-5H3,(H,27,28,29)/b20-17-. The second-order valence-electron chi connectivity index (χ2n) is 7.90. The molecule has 3 rings (SSSR count). The molecule has 0 amide bonds. The van der Waals surface area contributed by atoms with Crippen LogP contribution in [0.15, 0.2) is 71.8 Å². The minimum Gasteiger partial charge on any atom is -0.497 e. The van der Waals surface area contributed by atoms with Crippen LogP contribution in [-0.4, -0.2) is 30.7 Å². The fourth-order valence-corrected chi connectivity index (χ4v) is 3.33. The Kier molecular flexibility index (Phi) is 7.65. The van der Waals surface area contributed by atoms with Gasteiger partial charge >= 0.3 is 0 Å². The number of rotatable bonds is 9. The minimum atomic E-state index is 0.627. The molecule has 0 radical (unpaired) electrons. The SMILES string of the molecule is COc1ccc(N(C)c2nc(NC/C=C(/C)CCC=C(C)C)nc3ccccc23)cc1. The summed E-state index contributed by atoms with van der Waals surface area (Å²) in [5, 5.41) is 4.38. The number of aromatic nitrogens is 2. The van der Waals surface area contributed by atoms with E-state index in [1.165, 1.54) is 11.1 Å². The van der Waals surface area contributed by atoms with E-state index in [1.807, 2.05) is 49.5 Å². The smallest absolute Gasteiger partial charge is 0.225 e. The van der Waals surface area contributed by atoms with Gasteiger partial charge in [0.25, 0.3) is 0 Å². The number of hydrogen-bond acceptors (Lipinski definition) is 5. The summed E-state index contributed by atoms with van der Waals surface area (Å²) in [6.07, 6.45) is 6.63. The molecule has 1 heterocycles. The van der Waals surface area contributed by atoms with Crippen LogP contribution in [0.4, 0.5) is 17.5 Å². The molecule has 1 aromatic heterocycles. The van der Waals surface area contributed by atoms with Crippen LogP contribution in [-0.2, 0) is 0 Å². The molecule has 0 saturated heterocycles. The van der Waals surface area contributed by atoms with Crippen molar-refractivity contribution in [2.24, 2.45) is 0 Å². The van der Waals surface area contributed by atoms with Crippen molar-refractivity contribution in [1.82, 2.24) is 9.97 Å². The maximum Gasteiger partial charge on any atom is 0.225 e. The number of anilines is 3. The maximum atomic E-state index is 5.28. The van der Waals surface area contributed by atoms with Crippen molar-refractivity contribution in [3.63, 3.8) is 0 Å². The lowest BCUT2D eigenvalue weighted by molar-refractivity contribution is 0.415. The Balaban J connectivity index is 1.81. The van der Waals surface area contributed by atoms with Crippen LogP contribution in [0.5, 0.6) is 5.75 Å². The average molecular weight is 417 g/mol. The number of fused-ring (bicyclic) bond motifs is 1. The molecule has 31 heavy (non-hydrogen) atoms. The molecule has 5 heteroatoms. The highest BCUT2D eigenvalue weighted by molar-refractivity contribution is 5.92. The van der Waals surface area contributed by atoms with Gasteiger partial charge in [-0.1, -0.05) is 35.4 Å². The third kappa shape index (κ3) is 6.07. The number of methoxy groups -OCH3 is 1. The van der Waals surface area contributed by atoms with Crippen LogP contribution in [0.3, 0.4) is 0 Å². The molecule has 0 bridgehead atoms. The highest BCUT2D eigenvalue weighted by atomic mass is 16.5. The monoisotopic (exact) mass is 416 g/mol. The highest BCUT2D eigenvalue weighted by Gasteiger charge is 2.13. The van der Waals surface area contributed by atoms with Gasteiger partial charge in [-0.25, -0.2) is 4.98 Å².